The lowest BCUT2D eigenvalue weighted by atomic mass is 10.2. The predicted molar refractivity (Wildman–Crippen MR) is 103 cm³/mol. The van der Waals surface area contributed by atoms with Crippen molar-refractivity contribution in [3.05, 3.63) is 48.0 Å². The van der Waals surface area contributed by atoms with Crippen LogP contribution >= 0.6 is 11.8 Å². The van der Waals surface area contributed by atoms with Gasteiger partial charge in [-0.2, -0.15) is 8.78 Å². The summed E-state index contributed by atoms with van der Waals surface area (Å²) in [4.78, 5) is 26.6. The van der Waals surface area contributed by atoms with Gasteiger partial charge in [0, 0.05) is 30.7 Å². The van der Waals surface area contributed by atoms with Crippen LogP contribution in [0, 0.1) is 0 Å². The Hall–Kier alpha value is -2.81. The minimum atomic E-state index is -3.02. The number of methoxy groups -OCH3 is 1. The van der Waals surface area contributed by atoms with E-state index in [9.17, 15) is 18.4 Å². The zero-order chi connectivity index (χ0) is 20.7. The largest absolute Gasteiger partial charge is 0.493 e. The number of alkyl halides is 2. The maximum atomic E-state index is 12.7. The molecule has 1 N–H and O–H groups in total. The molecule has 0 fully saturated rings. The third-order valence-corrected chi connectivity index (χ3v) is 4.68. The molecule has 0 radical (unpaired) electrons. The van der Waals surface area contributed by atoms with Gasteiger partial charge in [0.2, 0.25) is 5.91 Å². The molecule has 2 amide bonds. The molecule has 0 bridgehead atoms. The molecule has 150 valence electrons. The summed E-state index contributed by atoms with van der Waals surface area (Å²) in [7, 11) is 4.64. The van der Waals surface area contributed by atoms with E-state index in [-0.39, 0.29) is 28.8 Å². The van der Waals surface area contributed by atoms with Gasteiger partial charge < -0.3 is 19.7 Å². The molecule has 0 aliphatic carbocycles. The topological polar surface area (TPSA) is 67.9 Å². The normalized spacial score (nSPS) is 10.5. The number of amides is 2. The SMILES string of the molecule is COc1ccc(NC(=O)c2ccccc2SCC(=O)N(C)C)cc1OC(F)F. The van der Waals surface area contributed by atoms with Crippen molar-refractivity contribution in [2.24, 2.45) is 0 Å². The average molecular weight is 410 g/mol. The van der Waals surface area contributed by atoms with Crippen LogP contribution in [0.4, 0.5) is 14.5 Å². The molecule has 0 heterocycles. The lowest BCUT2D eigenvalue weighted by Crippen LogP contribution is -2.23. The van der Waals surface area contributed by atoms with Crippen LogP contribution in [0.15, 0.2) is 47.4 Å². The van der Waals surface area contributed by atoms with Crippen molar-refractivity contribution in [2.45, 2.75) is 11.5 Å². The number of carbonyl (C=O) groups is 2. The number of benzene rings is 2. The van der Waals surface area contributed by atoms with Gasteiger partial charge in [-0.15, -0.1) is 11.8 Å². The Bertz CT molecular complexity index is 846. The molecule has 0 atom stereocenters. The standard InChI is InChI=1S/C19H20F2N2O4S/c1-23(2)17(24)11-28-16-7-5-4-6-13(16)18(25)22-12-8-9-14(26-3)15(10-12)27-19(20)21/h4-10,19H,11H2,1-3H3,(H,22,25). The van der Waals surface area contributed by atoms with E-state index in [0.29, 0.717) is 10.5 Å². The molecule has 0 aromatic heterocycles. The van der Waals surface area contributed by atoms with Crippen LogP contribution < -0.4 is 14.8 Å². The van der Waals surface area contributed by atoms with E-state index < -0.39 is 12.5 Å². The Labute approximate surface area is 165 Å². The van der Waals surface area contributed by atoms with Crippen molar-refractivity contribution in [3.8, 4) is 11.5 Å². The summed E-state index contributed by atoms with van der Waals surface area (Å²) in [6.07, 6.45) is 0. The monoisotopic (exact) mass is 410 g/mol. The lowest BCUT2D eigenvalue weighted by Gasteiger charge is -2.14. The van der Waals surface area contributed by atoms with Crippen LogP contribution in [0.5, 0.6) is 11.5 Å². The summed E-state index contributed by atoms with van der Waals surface area (Å²) in [6.45, 7) is -3.02. The Morgan fingerprint density at radius 3 is 2.50 bits per heavy atom. The molecule has 0 spiro atoms. The molecule has 2 rings (SSSR count). The Balaban J connectivity index is 2.18. The third kappa shape index (κ3) is 5.85. The molecule has 28 heavy (non-hydrogen) atoms. The smallest absolute Gasteiger partial charge is 0.387 e. The van der Waals surface area contributed by atoms with E-state index in [0.717, 1.165) is 0 Å². The summed E-state index contributed by atoms with van der Waals surface area (Å²) in [5.74, 6) is -0.393. The highest BCUT2D eigenvalue weighted by Gasteiger charge is 2.16. The van der Waals surface area contributed by atoms with Gasteiger partial charge in [-0.1, -0.05) is 12.1 Å². The van der Waals surface area contributed by atoms with Crippen LogP contribution in [0.1, 0.15) is 10.4 Å². The first kappa shape index (κ1) is 21.5. The van der Waals surface area contributed by atoms with E-state index >= 15 is 0 Å². The molecule has 0 aliphatic heterocycles. The quantitative estimate of drug-likeness (QED) is 0.672. The third-order valence-electron chi connectivity index (χ3n) is 3.62. The molecular formula is C19H20F2N2O4S. The predicted octanol–water partition coefficient (Wildman–Crippen LogP) is 3.73. The first-order chi connectivity index (χ1) is 13.3. The summed E-state index contributed by atoms with van der Waals surface area (Å²) >= 11 is 1.24. The fraction of sp³-hybridized carbons (Fsp3) is 0.263. The van der Waals surface area contributed by atoms with Gasteiger partial charge in [-0.3, -0.25) is 9.59 Å². The van der Waals surface area contributed by atoms with Crippen molar-refractivity contribution in [1.82, 2.24) is 4.90 Å². The molecular weight excluding hydrogens is 390 g/mol. The minimum absolute atomic E-state index is 0.0795. The zero-order valence-electron chi connectivity index (χ0n) is 15.6. The molecule has 0 aliphatic rings. The number of hydrogen-bond donors (Lipinski definition) is 1. The fourth-order valence-corrected chi connectivity index (χ4v) is 3.22. The van der Waals surface area contributed by atoms with Crippen LogP contribution in [0.2, 0.25) is 0 Å². The summed E-state index contributed by atoms with van der Waals surface area (Å²) in [5.41, 5.74) is 0.636. The van der Waals surface area contributed by atoms with E-state index in [1.54, 1.807) is 38.4 Å². The maximum Gasteiger partial charge on any atom is 0.387 e. The van der Waals surface area contributed by atoms with Gasteiger partial charge in [0.05, 0.1) is 18.4 Å². The van der Waals surface area contributed by atoms with Gasteiger partial charge in [0.15, 0.2) is 11.5 Å². The van der Waals surface area contributed by atoms with Gasteiger partial charge >= 0.3 is 6.61 Å². The number of nitrogens with one attached hydrogen (secondary N) is 1. The van der Waals surface area contributed by atoms with E-state index in [4.69, 9.17) is 4.74 Å². The Kier molecular flexibility index (Phi) is 7.62. The number of nitrogens with zero attached hydrogens (tertiary/aromatic N) is 1. The summed E-state index contributed by atoms with van der Waals surface area (Å²) < 4.78 is 34.5. The van der Waals surface area contributed by atoms with Gasteiger partial charge in [0.25, 0.3) is 5.91 Å². The van der Waals surface area contributed by atoms with Crippen LogP contribution in [0.25, 0.3) is 0 Å². The van der Waals surface area contributed by atoms with Gasteiger partial charge in [-0.05, 0) is 24.3 Å². The van der Waals surface area contributed by atoms with Crippen LogP contribution in [-0.2, 0) is 4.79 Å². The molecule has 6 nitrogen and oxygen atoms in total. The zero-order valence-corrected chi connectivity index (χ0v) is 16.4. The number of ether oxygens (including phenoxy) is 2. The highest BCUT2D eigenvalue weighted by molar-refractivity contribution is 8.00. The maximum absolute atomic E-state index is 12.7. The summed E-state index contributed by atoms with van der Waals surface area (Å²) in [5, 5.41) is 2.65. The molecule has 0 saturated heterocycles. The van der Waals surface area contributed by atoms with Crippen LogP contribution in [0.3, 0.4) is 0 Å². The van der Waals surface area contributed by atoms with Crippen molar-refractivity contribution >= 4 is 29.3 Å². The molecule has 0 saturated carbocycles. The highest BCUT2D eigenvalue weighted by atomic mass is 32.2. The number of halogens is 2. The number of hydrogen-bond acceptors (Lipinski definition) is 5. The van der Waals surface area contributed by atoms with Crippen molar-refractivity contribution in [3.63, 3.8) is 0 Å². The molecule has 2 aromatic carbocycles. The van der Waals surface area contributed by atoms with E-state index in [1.165, 1.54) is 42.0 Å². The van der Waals surface area contributed by atoms with Crippen molar-refractivity contribution in [2.75, 3.05) is 32.3 Å². The second-order valence-electron chi connectivity index (χ2n) is 5.77. The average Bonchev–Trinajstić information content (AvgIpc) is 2.66. The number of anilines is 1. The first-order valence-corrected chi connectivity index (χ1v) is 9.16. The second kappa shape index (κ2) is 9.93. The first-order valence-electron chi connectivity index (χ1n) is 8.18. The lowest BCUT2D eigenvalue weighted by molar-refractivity contribution is -0.125. The molecule has 0 unspecified atom stereocenters. The second-order valence-corrected chi connectivity index (χ2v) is 6.79. The highest BCUT2D eigenvalue weighted by Crippen LogP contribution is 2.32. The molecule has 9 heteroatoms. The Morgan fingerprint density at radius 1 is 1.14 bits per heavy atom. The number of carbonyl (C=O) groups excluding carboxylic acids is 2. The molecule has 2 aromatic rings. The van der Waals surface area contributed by atoms with Gasteiger partial charge in [0.1, 0.15) is 0 Å². The van der Waals surface area contributed by atoms with E-state index in [1.807, 2.05) is 0 Å². The van der Waals surface area contributed by atoms with Crippen molar-refractivity contribution in [1.29, 1.82) is 0 Å². The Morgan fingerprint density at radius 2 is 1.86 bits per heavy atom. The summed E-state index contributed by atoms with van der Waals surface area (Å²) in [6, 6.07) is 11.0. The minimum Gasteiger partial charge on any atom is -0.493 e. The van der Waals surface area contributed by atoms with Crippen LogP contribution in [-0.4, -0.2) is 50.3 Å². The van der Waals surface area contributed by atoms with E-state index in [2.05, 4.69) is 10.1 Å². The number of thioether (sulfide) groups is 1. The number of rotatable bonds is 8. The fourth-order valence-electron chi connectivity index (χ4n) is 2.19. The van der Waals surface area contributed by atoms with Crippen molar-refractivity contribution < 1.29 is 27.8 Å². The van der Waals surface area contributed by atoms with Gasteiger partial charge in [-0.25, -0.2) is 0 Å².